The van der Waals surface area contributed by atoms with Gasteiger partial charge in [-0.2, -0.15) is 5.11 Å². The summed E-state index contributed by atoms with van der Waals surface area (Å²) >= 11 is 0. The fourth-order valence-corrected chi connectivity index (χ4v) is 5.11. The van der Waals surface area contributed by atoms with Crippen LogP contribution in [0.15, 0.2) is 10.3 Å². The normalized spacial score (nSPS) is 32.0. The summed E-state index contributed by atoms with van der Waals surface area (Å²) < 4.78 is 11.4. The van der Waals surface area contributed by atoms with E-state index in [9.17, 15) is 0 Å². The van der Waals surface area contributed by atoms with Gasteiger partial charge < -0.3 is 14.4 Å². The Balaban J connectivity index is 1.35. The molecule has 3 aliphatic rings. The van der Waals surface area contributed by atoms with Crippen molar-refractivity contribution in [3.05, 3.63) is 0 Å². The topological polar surface area (TPSA) is 58.4 Å². The maximum atomic E-state index is 5.91. The van der Waals surface area contributed by atoms with E-state index in [-0.39, 0.29) is 0 Å². The van der Waals surface area contributed by atoms with Crippen molar-refractivity contribution in [3.63, 3.8) is 0 Å². The van der Waals surface area contributed by atoms with Gasteiger partial charge >= 0.3 is 0 Å². The second kappa shape index (κ2) is 10.8. The molecule has 27 heavy (non-hydrogen) atoms. The first-order valence-corrected chi connectivity index (χ1v) is 11.3. The SMILES string of the molecule is CCCOCCNCOCC1C2CCC3N=NN(B(CC)CC)C3CCC21. The summed E-state index contributed by atoms with van der Waals surface area (Å²) in [6, 6.07) is 0.973. The third-order valence-electron chi connectivity index (χ3n) is 6.79. The Bertz CT molecular complexity index is 463. The predicted molar refractivity (Wildman–Crippen MR) is 110 cm³/mol. The highest BCUT2D eigenvalue weighted by molar-refractivity contribution is 6.55. The van der Waals surface area contributed by atoms with Crippen LogP contribution in [0.3, 0.4) is 0 Å². The maximum Gasteiger partial charge on any atom is 0.279 e. The van der Waals surface area contributed by atoms with Crippen LogP contribution in [0.2, 0.25) is 12.6 Å². The maximum absolute atomic E-state index is 5.91. The molecule has 5 atom stereocenters. The largest absolute Gasteiger partial charge is 0.380 e. The molecule has 1 N–H and O–H groups in total. The molecule has 2 fully saturated rings. The molecule has 2 aliphatic carbocycles. The quantitative estimate of drug-likeness (QED) is 0.318. The van der Waals surface area contributed by atoms with Crippen molar-refractivity contribution in [2.45, 2.75) is 77.6 Å². The third kappa shape index (κ3) is 5.45. The van der Waals surface area contributed by atoms with Crippen LogP contribution in [0.5, 0.6) is 0 Å². The smallest absolute Gasteiger partial charge is 0.279 e. The van der Waals surface area contributed by atoms with Crippen molar-refractivity contribution in [2.75, 3.05) is 33.1 Å². The molecule has 5 unspecified atom stereocenters. The van der Waals surface area contributed by atoms with Crippen molar-refractivity contribution in [2.24, 2.45) is 28.1 Å². The van der Waals surface area contributed by atoms with Gasteiger partial charge in [-0.15, -0.1) is 0 Å². The zero-order valence-corrected chi connectivity index (χ0v) is 17.6. The van der Waals surface area contributed by atoms with E-state index in [4.69, 9.17) is 9.47 Å². The zero-order chi connectivity index (χ0) is 19.1. The minimum absolute atomic E-state index is 0.429. The van der Waals surface area contributed by atoms with E-state index >= 15 is 0 Å². The molecule has 3 rings (SSSR count). The highest BCUT2D eigenvalue weighted by Crippen LogP contribution is 2.54. The molecule has 0 saturated heterocycles. The van der Waals surface area contributed by atoms with Crippen LogP contribution >= 0.6 is 0 Å². The Morgan fingerprint density at radius 1 is 1.00 bits per heavy atom. The minimum Gasteiger partial charge on any atom is -0.380 e. The van der Waals surface area contributed by atoms with Crippen LogP contribution in [-0.4, -0.2) is 56.9 Å². The molecule has 7 heteroatoms. The number of nitrogens with one attached hydrogen (secondary N) is 1. The minimum atomic E-state index is 0.429. The summed E-state index contributed by atoms with van der Waals surface area (Å²) in [7, 11) is 0. The number of ether oxygens (including phenoxy) is 2. The van der Waals surface area contributed by atoms with Gasteiger partial charge in [0.05, 0.1) is 32.0 Å². The average Bonchev–Trinajstić information content (AvgIpc) is 3.16. The van der Waals surface area contributed by atoms with E-state index in [0.717, 1.165) is 63.2 Å². The summed E-state index contributed by atoms with van der Waals surface area (Å²) in [5, 5.41) is 12.5. The highest BCUT2D eigenvalue weighted by Gasteiger charge is 2.52. The highest BCUT2D eigenvalue weighted by atomic mass is 16.5. The van der Waals surface area contributed by atoms with E-state index in [1.165, 1.54) is 25.7 Å². The fraction of sp³-hybridized carbons (Fsp3) is 1.00. The van der Waals surface area contributed by atoms with Gasteiger partial charge in [-0.1, -0.05) is 38.6 Å². The average molecular weight is 378 g/mol. The molecule has 154 valence electrons. The van der Waals surface area contributed by atoms with Gasteiger partial charge in [0.1, 0.15) is 0 Å². The lowest BCUT2D eigenvalue weighted by atomic mass is 9.55. The van der Waals surface area contributed by atoms with E-state index in [1.54, 1.807) is 0 Å². The molecule has 0 aromatic rings. The molecule has 0 spiro atoms. The molecule has 0 amide bonds. The first-order chi connectivity index (χ1) is 13.3. The van der Waals surface area contributed by atoms with Crippen LogP contribution in [0.4, 0.5) is 0 Å². The standard InChI is InChI=1S/C20H39BN4O2/c1-4-12-26-13-11-22-15-27-14-18-16-7-9-19-20(10-8-17(16)18)25(24-23-19)21(5-2)6-3/h16-20,22H,4-15H2,1-3H3. The molecule has 1 aliphatic heterocycles. The Kier molecular flexibility index (Phi) is 8.40. The van der Waals surface area contributed by atoms with Gasteiger partial charge in [0.2, 0.25) is 0 Å². The summed E-state index contributed by atoms with van der Waals surface area (Å²) in [5.74, 6) is 2.49. The number of rotatable bonds is 12. The number of hydrogen-bond acceptors (Lipinski definition) is 6. The second-order valence-corrected chi connectivity index (χ2v) is 8.46. The summed E-state index contributed by atoms with van der Waals surface area (Å²) in [6.45, 7) is 11.3. The number of hydrogen-bond donors (Lipinski definition) is 1. The van der Waals surface area contributed by atoms with Gasteiger partial charge in [-0.05, 0) is 49.9 Å². The van der Waals surface area contributed by atoms with Gasteiger partial charge in [0.15, 0.2) is 0 Å². The number of nitrogens with zero attached hydrogens (tertiary/aromatic N) is 3. The zero-order valence-electron chi connectivity index (χ0n) is 17.6. The van der Waals surface area contributed by atoms with Crippen molar-refractivity contribution < 1.29 is 9.47 Å². The molecule has 0 aromatic carbocycles. The molecular weight excluding hydrogens is 339 g/mol. The Labute approximate surface area is 165 Å². The second-order valence-electron chi connectivity index (χ2n) is 8.46. The first kappa shape index (κ1) is 21.1. The van der Waals surface area contributed by atoms with Crippen molar-refractivity contribution >= 4 is 6.85 Å². The van der Waals surface area contributed by atoms with E-state index in [2.05, 4.69) is 41.3 Å². The van der Waals surface area contributed by atoms with Crippen LogP contribution in [0, 0.1) is 17.8 Å². The van der Waals surface area contributed by atoms with Gasteiger partial charge in [-0.3, -0.25) is 5.32 Å². The summed E-state index contributed by atoms with van der Waals surface area (Å²) in [5.41, 5.74) is 0. The summed E-state index contributed by atoms with van der Waals surface area (Å²) in [6.07, 6.45) is 8.48. The molecular formula is C20H39BN4O2. The van der Waals surface area contributed by atoms with E-state index in [1.807, 2.05) is 0 Å². The van der Waals surface area contributed by atoms with Gasteiger partial charge in [0.25, 0.3) is 6.85 Å². The predicted octanol–water partition coefficient (Wildman–Crippen LogP) is 3.86. The summed E-state index contributed by atoms with van der Waals surface area (Å²) in [4.78, 5) is 2.35. The van der Waals surface area contributed by atoms with Gasteiger partial charge in [0, 0.05) is 13.2 Å². The molecule has 2 saturated carbocycles. The van der Waals surface area contributed by atoms with Crippen molar-refractivity contribution in [1.29, 1.82) is 0 Å². The third-order valence-corrected chi connectivity index (χ3v) is 6.79. The lowest BCUT2D eigenvalue weighted by Gasteiger charge is -2.31. The number of fused-ring (bicyclic) bond motifs is 2. The van der Waals surface area contributed by atoms with Crippen molar-refractivity contribution in [3.8, 4) is 0 Å². The molecule has 0 aromatic heterocycles. The van der Waals surface area contributed by atoms with E-state index in [0.29, 0.717) is 25.7 Å². The first-order valence-electron chi connectivity index (χ1n) is 11.3. The molecule has 6 nitrogen and oxygen atoms in total. The lowest BCUT2D eigenvalue weighted by Crippen LogP contribution is -2.44. The Hall–Kier alpha value is -0.655. The molecule has 0 bridgehead atoms. The Morgan fingerprint density at radius 3 is 2.52 bits per heavy atom. The van der Waals surface area contributed by atoms with Gasteiger partial charge in [-0.25, -0.2) is 0 Å². The van der Waals surface area contributed by atoms with Crippen LogP contribution in [-0.2, 0) is 9.47 Å². The Morgan fingerprint density at radius 2 is 1.78 bits per heavy atom. The fourth-order valence-electron chi connectivity index (χ4n) is 5.11. The van der Waals surface area contributed by atoms with E-state index < -0.39 is 0 Å². The van der Waals surface area contributed by atoms with Crippen LogP contribution < -0.4 is 5.32 Å². The molecule has 0 radical (unpaired) electrons. The monoisotopic (exact) mass is 378 g/mol. The molecule has 1 heterocycles. The lowest BCUT2D eigenvalue weighted by molar-refractivity contribution is 0.0863. The van der Waals surface area contributed by atoms with Crippen molar-refractivity contribution in [1.82, 2.24) is 10.2 Å². The van der Waals surface area contributed by atoms with Crippen LogP contribution in [0.1, 0.15) is 52.9 Å². The van der Waals surface area contributed by atoms with Crippen LogP contribution in [0.25, 0.3) is 0 Å².